The van der Waals surface area contributed by atoms with Crippen molar-refractivity contribution < 1.29 is 14.3 Å². The molecule has 1 heterocycles. The number of allylic oxidation sites excluding steroid dienone is 1. The fraction of sp³-hybridized carbons (Fsp3) is 0.474. The molecule has 0 atom stereocenters. The molecule has 0 aliphatic carbocycles. The highest BCUT2D eigenvalue weighted by atomic mass is 79.9. The van der Waals surface area contributed by atoms with Crippen LogP contribution in [0.25, 0.3) is 0 Å². The standard InChI is InChI=1S/C19H27BrN6O3/c1-6-8-26-18(23-24-25-26)21-11-13-9-15(28-7-2)16(10-14(13)20)29-12-17(27)22-19(3,4)5/h6,9-10H,1,7-8,11-12H2,2-5H3,(H,22,27)(H,21,23,25). The fourth-order valence-corrected chi connectivity index (χ4v) is 2.90. The number of halogens is 1. The predicted octanol–water partition coefficient (Wildman–Crippen LogP) is 2.93. The number of carbonyl (C=O) groups is 1. The highest BCUT2D eigenvalue weighted by Crippen LogP contribution is 2.34. The number of anilines is 1. The summed E-state index contributed by atoms with van der Waals surface area (Å²) in [7, 11) is 0. The average Bonchev–Trinajstić information content (AvgIpc) is 3.06. The molecular formula is C19H27BrN6O3. The highest BCUT2D eigenvalue weighted by molar-refractivity contribution is 9.10. The Bertz CT molecular complexity index is 847. The molecule has 10 heteroatoms. The first-order chi connectivity index (χ1) is 13.7. The van der Waals surface area contributed by atoms with Crippen molar-refractivity contribution in [1.29, 1.82) is 0 Å². The number of rotatable bonds is 10. The summed E-state index contributed by atoms with van der Waals surface area (Å²) < 4.78 is 13.8. The van der Waals surface area contributed by atoms with E-state index in [1.165, 1.54) is 0 Å². The van der Waals surface area contributed by atoms with E-state index in [-0.39, 0.29) is 18.1 Å². The number of hydrogen-bond donors (Lipinski definition) is 2. The normalized spacial score (nSPS) is 11.1. The van der Waals surface area contributed by atoms with Gasteiger partial charge in [-0.3, -0.25) is 4.79 Å². The van der Waals surface area contributed by atoms with Gasteiger partial charge >= 0.3 is 0 Å². The van der Waals surface area contributed by atoms with Gasteiger partial charge in [0.05, 0.1) is 13.2 Å². The summed E-state index contributed by atoms with van der Waals surface area (Å²) in [5.74, 6) is 1.38. The summed E-state index contributed by atoms with van der Waals surface area (Å²) in [6.45, 7) is 12.7. The Hall–Kier alpha value is -2.62. The number of amides is 1. The van der Waals surface area contributed by atoms with Crippen LogP contribution in [0.1, 0.15) is 33.3 Å². The third-order valence-electron chi connectivity index (χ3n) is 3.56. The van der Waals surface area contributed by atoms with Gasteiger partial charge in [0.2, 0.25) is 5.95 Å². The molecule has 0 aliphatic heterocycles. The van der Waals surface area contributed by atoms with E-state index in [9.17, 15) is 4.79 Å². The molecule has 1 aromatic heterocycles. The first-order valence-electron chi connectivity index (χ1n) is 9.23. The Balaban J connectivity index is 2.11. The van der Waals surface area contributed by atoms with Gasteiger partial charge in [0, 0.05) is 16.6 Å². The molecule has 2 N–H and O–H groups in total. The topological polar surface area (TPSA) is 103 Å². The van der Waals surface area contributed by atoms with Crippen LogP contribution >= 0.6 is 15.9 Å². The number of ether oxygens (including phenoxy) is 2. The average molecular weight is 467 g/mol. The van der Waals surface area contributed by atoms with E-state index in [1.54, 1.807) is 16.8 Å². The predicted molar refractivity (Wildman–Crippen MR) is 114 cm³/mol. The van der Waals surface area contributed by atoms with Crippen molar-refractivity contribution in [2.24, 2.45) is 0 Å². The summed E-state index contributed by atoms with van der Waals surface area (Å²) in [4.78, 5) is 12.0. The van der Waals surface area contributed by atoms with Crippen molar-refractivity contribution in [3.05, 3.63) is 34.8 Å². The lowest BCUT2D eigenvalue weighted by Gasteiger charge is -2.21. The van der Waals surface area contributed by atoms with Crippen LogP contribution in [-0.4, -0.2) is 44.9 Å². The van der Waals surface area contributed by atoms with Crippen LogP contribution in [-0.2, 0) is 17.9 Å². The van der Waals surface area contributed by atoms with E-state index >= 15 is 0 Å². The van der Waals surface area contributed by atoms with E-state index in [4.69, 9.17) is 9.47 Å². The Morgan fingerprint density at radius 1 is 1.31 bits per heavy atom. The molecule has 2 aromatic rings. The van der Waals surface area contributed by atoms with Crippen LogP contribution in [0, 0.1) is 0 Å². The van der Waals surface area contributed by atoms with Gasteiger partial charge in [-0.25, -0.2) is 4.68 Å². The molecule has 0 fully saturated rings. The molecule has 0 saturated heterocycles. The van der Waals surface area contributed by atoms with Crippen LogP contribution in [0.5, 0.6) is 11.5 Å². The third kappa shape index (κ3) is 7.04. The number of tetrazole rings is 1. The van der Waals surface area contributed by atoms with E-state index in [2.05, 4.69) is 48.7 Å². The second-order valence-electron chi connectivity index (χ2n) is 7.24. The molecule has 0 bridgehead atoms. The van der Waals surface area contributed by atoms with E-state index in [0.717, 1.165) is 10.0 Å². The maximum atomic E-state index is 12.0. The maximum Gasteiger partial charge on any atom is 0.258 e. The van der Waals surface area contributed by atoms with Gasteiger partial charge in [0.25, 0.3) is 5.91 Å². The molecule has 0 unspecified atom stereocenters. The van der Waals surface area contributed by atoms with Crippen LogP contribution < -0.4 is 20.1 Å². The SMILES string of the molecule is C=CCn1nnnc1NCc1cc(OCC)c(OCC(=O)NC(C)(C)C)cc1Br. The second kappa shape index (κ2) is 10.2. The van der Waals surface area contributed by atoms with Crippen molar-refractivity contribution in [3.63, 3.8) is 0 Å². The molecule has 2 rings (SSSR count). The Morgan fingerprint density at radius 2 is 2.03 bits per heavy atom. The minimum atomic E-state index is -0.319. The molecular weight excluding hydrogens is 440 g/mol. The summed E-state index contributed by atoms with van der Waals surface area (Å²) in [6.07, 6.45) is 1.71. The minimum absolute atomic E-state index is 0.0995. The molecule has 158 valence electrons. The van der Waals surface area contributed by atoms with Crippen LogP contribution in [0.4, 0.5) is 5.95 Å². The van der Waals surface area contributed by atoms with E-state index < -0.39 is 0 Å². The summed E-state index contributed by atoms with van der Waals surface area (Å²) in [6, 6.07) is 3.65. The zero-order valence-electron chi connectivity index (χ0n) is 17.2. The second-order valence-corrected chi connectivity index (χ2v) is 8.09. The zero-order valence-corrected chi connectivity index (χ0v) is 18.7. The van der Waals surface area contributed by atoms with Crippen molar-refractivity contribution in [2.75, 3.05) is 18.5 Å². The lowest BCUT2D eigenvalue weighted by molar-refractivity contribution is -0.124. The third-order valence-corrected chi connectivity index (χ3v) is 4.29. The van der Waals surface area contributed by atoms with E-state index in [0.29, 0.717) is 37.1 Å². The lowest BCUT2D eigenvalue weighted by Crippen LogP contribution is -2.43. The van der Waals surface area contributed by atoms with Gasteiger partial charge in [-0.15, -0.1) is 6.58 Å². The zero-order chi connectivity index (χ0) is 21.4. The van der Waals surface area contributed by atoms with Crippen molar-refractivity contribution in [3.8, 4) is 11.5 Å². The maximum absolute atomic E-state index is 12.0. The molecule has 0 spiro atoms. The number of benzene rings is 1. The monoisotopic (exact) mass is 466 g/mol. The summed E-state index contributed by atoms with van der Waals surface area (Å²) >= 11 is 3.55. The molecule has 29 heavy (non-hydrogen) atoms. The quantitative estimate of drug-likeness (QED) is 0.518. The first kappa shape index (κ1) is 22.7. The fourth-order valence-electron chi connectivity index (χ4n) is 2.44. The minimum Gasteiger partial charge on any atom is -0.490 e. The summed E-state index contributed by atoms with van der Waals surface area (Å²) in [5.41, 5.74) is 0.605. The van der Waals surface area contributed by atoms with Gasteiger partial charge in [-0.1, -0.05) is 27.1 Å². The smallest absolute Gasteiger partial charge is 0.258 e. The number of carbonyl (C=O) groups excluding carboxylic acids is 1. The lowest BCUT2D eigenvalue weighted by atomic mass is 10.1. The molecule has 0 saturated carbocycles. The van der Waals surface area contributed by atoms with Gasteiger partial charge in [0.15, 0.2) is 18.1 Å². The van der Waals surface area contributed by atoms with Crippen LogP contribution in [0.3, 0.4) is 0 Å². The largest absolute Gasteiger partial charge is 0.490 e. The Labute approximate surface area is 179 Å². The number of nitrogens with zero attached hydrogens (tertiary/aromatic N) is 4. The molecule has 0 aliphatic rings. The Morgan fingerprint density at radius 3 is 2.69 bits per heavy atom. The van der Waals surface area contributed by atoms with Crippen molar-refractivity contribution in [1.82, 2.24) is 25.5 Å². The number of aromatic nitrogens is 4. The van der Waals surface area contributed by atoms with Crippen LogP contribution in [0.2, 0.25) is 0 Å². The first-order valence-corrected chi connectivity index (χ1v) is 10.0. The molecule has 0 radical (unpaired) electrons. The summed E-state index contributed by atoms with van der Waals surface area (Å²) in [5, 5.41) is 17.6. The van der Waals surface area contributed by atoms with Gasteiger partial charge < -0.3 is 20.1 Å². The number of hydrogen-bond acceptors (Lipinski definition) is 7. The van der Waals surface area contributed by atoms with Gasteiger partial charge in [0.1, 0.15) is 0 Å². The van der Waals surface area contributed by atoms with Gasteiger partial charge in [-0.05, 0) is 55.8 Å². The van der Waals surface area contributed by atoms with Crippen molar-refractivity contribution in [2.45, 2.75) is 46.3 Å². The molecule has 9 nitrogen and oxygen atoms in total. The van der Waals surface area contributed by atoms with Gasteiger partial charge in [-0.2, -0.15) is 0 Å². The van der Waals surface area contributed by atoms with Crippen LogP contribution in [0.15, 0.2) is 29.3 Å². The van der Waals surface area contributed by atoms with E-state index in [1.807, 2.05) is 33.8 Å². The Kier molecular flexibility index (Phi) is 8.00. The highest BCUT2D eigenvalue weighted by Gasteiger charge is 2.16. The number of nitrogens with one attached hydrogen (secondary N) is 2. The van der Waals surface area contributed by atoms with Crippen molar-refractivity contribution >= 4 is 27.8 Å². The molecule has 1 aromatic carbocycles. The molecule has 1 amide bonds.